The number of allylic oxidation sites excluding steroid dienone is 3. The van der Waals surface area contributed by atoms with Gasteiger partial charge in [0.2, 0.25) is 0 Å². The molecule has 0 fully saturated rings. The van der Waals surface area contributed by atoms with E-state index in [0.717, 1.165) is 0 Å². The van der Waals surface area contributed by atoms with E-state index in [0.29, 0.717) is 16.9 Å². The highest BCUT2D eigenvalue weighted by molar-refractivity contribution is 5.72. The van der Waals surface area contributed by atoms with E-state index in [1.165, 1.54) is 18.7 Å². The standard InChI is InChI=1S/C19H19FO/c1-14(16-7-5-4-6-8-16)9-10-15(2)18-12-11-17(21-3)13-19(18)20/h4-14H,2H2,1,3H3/b10-9-. The van der Waals surface area contributed by atoms with Crippen LogP contribution in [0.1, 0.15) is 24.0 Å². The van der Waals surface area contributed by atoms with Crippen molar-refractivity contribution in [2.75, 3.05) is 7.11 Å². The first-order valence-electron chi connectivity index (χ1n) is 6.87. The van der Waals surface area contributed by atoms with Gasteiger partial charge in [0.05, 0.1) is 7.11 Å². The molecule has 0 saturated carbocycles. The number of rotatable bonds is 5. The summed E-state index contributed by atoms with van der Waals surface area (Å²) in [5.41, 5.74) is 2.36. The third kappa shape index (κ3) is 3.82. The van der Waals surface area contributed by atoms with Gasteiger partial charge in [0.25, 0.3) is 0 Å². The van der Waals surface area contributed by atoms with Crippen molar-refractivity contribution < 1.29 is 9.13 Å². The van der Waals surface area contributed by atoms with Crippen molar-refractivity contribution in [1.82, 2.24) is 0 Å². The fourth-order valence-electron chi connectivity index (χ4n) is 2.10. The lowest BCUT2D eigenvalue weighted by Gasteiger charge is -2.08. The largest absolute Gasteiger partial charge is 0.497 e. The van der Waals surface area contributed by atoms with Crippen LogP contribution in [0.2, 0.25) is 0 Å². The molecule has 0 amide bonds. The molecule has 21 heavy (non-hydrogen) atoms. The number of hydrogen-bond donors (Lipinski definition) is 0. The molecule has 0 aliphatic heterocycles. The van der Waals surface area contributed by atoms with Gasteiger partial charge in [0, 0.05) is 11.6 Å². The van der Waals surface area contributed by atoms with Crippen LogP contribution < -0.4 is 4.74 Å². The van der Waals surface area contributed by atoms with Crippen LogP contribution in [0.15, 0.2) is 67.3 Å². The third-order valence-electron chi connectivity index (χ3n) is 3.43. The maximum absolute atomic E-state index is 14.0. The maximum atomic E-state index is 14.0. The van der Waals surface area contributed by atoms with Crippen molar-refractivity contribution in [2.45, 2.75) is 12.8 Å². The van der Waals surface area contributed by atoms with E-state index in [4.69, 9.17) is 4.74 Å². The van der Waals surface area contributed by atoms with E-state index in [-0.39, 0.29) is 11.7 Å². The summed E-state index contributed by atoms with van der Waals surface area (Å²) in [6.07, 6.45) is 3.89. The van der Waals surface area contributed by atoms with Crippen molar-refractivity contribution in [3.63, 3.8) is 0 Å². The zero-order valence-corrected chi connectivity index (χ0v) is 12.3. The van der Waals surface area contributed by atoms with Gasteiger partial charge in [-0.15, -0.1) is 0 Å². The average molecular weight is 282 g/mol. The molecule has 0 radical (unpaired) electrons. The molecule has 1 unspecified atom stereocenters. The zero-order chi connectivity index (χ0) is 15.2. The third-order valence-corrected chi connectivity index (χ3v) is 3.43. The maximum Gasteiger partial charge on any atom is 0.134 e. The summed E-state index contributed by atoms with van der Waals surface area (Å²) < 4.78 is 19.0. The van der Waals surface area contributed by atoms with Crippen molar-refractivity contribution >= 4 is 5.57 Å². The second-order valence-corrected chi connectivity index (χ2v) is 4.93. The van der Waals surface area contributed by atoms with Gasteiger partial charge < -0.3 is 4.74 Å². The smallest absolute Gasteiger partial charge is 0.134 e. The minimum atomic E-state index is -0.323. The Kier molecular flexibility index (Phi) is 4.94. The van der Waals surface area contributed by atoms with Crippen molar-refractivity contribution in [3.8, 4) is 5.75 Å². The molecule has 2 aromatic carbocycles. The first-order valence-corrected chi connectivity index (χ1v) is 6.87. The zero-order valence-electron chi connectivity index (χ0n) is 12.3. The van der Waals surface area contributed by atoms with Gasteiger partial charge in [-0.1, -0.05) is 56.0 Å². The van der Waals surface area contributed by atoms with Crippen LogP contribution >= 0.6 is 0 Å². The lowest BCUT2D eigenvalue weighted by atomic mass is 9.98. The first kappa shape index (κ1) is 15.0. The van der Waals surface area contributed by atoms with Gasteiger partial charge in [0.15, 0.2) is 0 Å². The molecule has 0 N–H and O–H groups in total. The summed E-state index contributed by atoms with van der Waals surface area (Å²) in [7, 11) is 1.52. The van der Waals surface area contributed by atoms with Crippen LogP contribution in [0.25, 0.3) is 5.57 Å². The van der Waals surface area contributed by atoms with E-state index in [2.05, 4.69) is 25.6 Å². The second-order valence-electron chi connectivity index (χ2n) is 4.93. The Hall–Kier alpha value is -2.35. The molecule has 0 aliphatic rings. The van der Waals surface area contributed by atoms with Gasteiger partial charge in [-0.05, 0) is 29.2 Å². The first-order chi connectivity index (χ1) is 10.1. The Labute approximate surface area is 125 Å². The summed E-state index contributed by atoms with van der Waals surface area (Å²) in [6, 6.07) is 15.0. The number of halogens is 1. The molecule has 2 aromatic rings. The molecule has 0 aliphatic carbocycles. The number of methoxy groups -OCH3 is 1. The number of ether oxygens (including phenoxy) is 1. The summed E-state index contributed by atoms with van der Waals surface area (Å²) in [5, 5.41) is 0. The Morgan fingerprint density at radius 2 is 1.90 bits per heavy atom. The highest BCUT2D eigenvalue weighted by Gasteiger charge is 2.06. The molecular formula is C19H19FO. The van der Waals surface area contributed by atoms with Gasteiger partial charge in [-0.25, -0.2) is 4.39 Å². The lowest BCUT2D eigenvalue weighted by Crippen LogP contribution is -1.91. The number of benzene rings is 2. The summed E-state index contributed by atoms with van der Waals surface area (Å²) in [6.45, 7) is 6.04. The topological polar surface area (TPSA) is 9.23 Å². The molecule has 0 saturated heterocycles. The van der Waals surface area contributed by atoms with Crippen molar-refractivity contribution in [2.24, 2.45) is 0 Å². The van der Waals surface area contributed by atoms with Crippen LogP contribution in [0, 0.1) is 5.82 Å². The fourth-order valence-corrected chi connectivity index (χ4v) is 2.10. The molecule has 1 atom stereocenters. The van der Waals surface area contributed by atoms with Crippen molar-refractivity contribution in [3.05, 3.63) is 84.2 Å². The molecule has 1 nitrogen and oxygen atoms in total. The van der Waals surface area contributed by atoms with E-state index >= 15 is 0 Å². The Bertz CT molecular complexity index is 644. The Balaban J connectivity index is 2.12. The average Bonchev–Trinajstić information content (AvgIpc) is 2.52. The summed E-state index contributed by atoms with van der Waals surface area (Å²) in [4.78, 5) is 0. The van der Waals surface area contributed by atoms with E-state index in [9.17, 15) is 4.39 Å². The fraction of sp³-hybridized carbons (Fsp3) is 0.158. The molecule has 2 heteroatoms. The van der Waals surface area contributed by atoms with Gasteiger partial charge in [-0.3, -0.25) is 0 Å². The molecule has 2 rings (SSSR count). The molecule has 0 spiro atoms. The predicted molar refractivity (Wildman–Crippen MR) is 86.0 cm³/mol. The predicted octanol–water partition coefficient (Wildman–Crippen LogP) is 5.21. The van der Waals surface area contributed by atoms with E-state index in [1.54, 1.807) is 12.1 Å². The van der Waals surface area contributed by atoms with Crippen LogP contribution in [0.3, 0.4) is 0 Å². The van der Waals surface area contributed by atoms with E-state index in [1.807, 2.05) is 30.4 Å². The molecule has 0 heterocycles. The van der Waals surface area contributed by atoms with Gasteiger partial charge in [-0.2, -0.15) is 0 Å². The molecular weight excluding hydrogens is 263 g/mol. The van der Waals surface area contributed by atoms with Crippen LogP contribution in [0.5, 0.6) is 5.75 Å². The van der Waals surface area contributed by atoms with Crippen LogP contribution in [-0.4, -0.2) is 7.11 Å². The number of hydrogen-bond acceptors (Lipinski definition) is 1. The molecule has 0 aromatic heterocycles. The lowest BCUT2D eigenvalue weighted by molar-refractivity contribution is 0.411. The van der Waals surface area contributed by atoms with Crippen LogP contribution in [0.4, 0.5) is 4.39 Å². The quantitative estimate of drug-likeness (QED) is 0.684. The van der Waals surface area contributed by atoms with Gasteiger partial charge >= 0.3 is 0 Å². The Morgan fingerprint density at radius 3 is 2.52 bits per heavy atom. The highest BCUT2D eigenvalue weighted by Crippen LogP contribution is 2.24. The van der Waals surface area contributed by atoms with Gasteiger partial charge in [0.1, 0.15) is 11.6 Å². The minimum Gasteiger partial charge on any atom is -0.497 e. The second kappa shape index (κ2) is 6.89. The summed E-state index contributed by atoms with van der Waals surface area (Å²) >= 11 is 0. The molecule has 108 valence electrons. The Morgan fingerprint density at radius 1 is 1.19 bits per heavy atom. The normalized spacial score (nSPS) is 12.3. The summed E-state index contributed by atoms with van der Waals surface area (Å²) in [5.74, 6) is 0.436. The SMILES string of the molecule is C=C(/C=C\C(C)c1ccccc1)c1ccc(OC)cc1F. The van der Waals surface area contributed by atoms with E-state index < -0.39 is 0 Å². The van der Waals surface area contributed by atoms with Crippen LogP contribution in [-0.2, 0) is 0 Å². The minimum absolute atomic E-state index is 0.254. The highest BCUT2D eigenvalue weighted by atomic mass is 19.1. The molecule has 0 bridgehead atoms. The van der Waals surface area contributed by atoms with Crippen molar-refractivity contribution in [1.29, 1.82) is 0 Å². The monoisotopic (exact) mass is 282 g/mol.